The second kappa shape index (κ2) is 7.99. The molecule has 2 amide bonds. The van der Waals surface area contributed by atoms with E-state index in [2.05, 4.69) is 15.6 Å². The first-order chi connectivity index (χ1) is 12.6. The van der Waals surface area contributed by atoms with Crippen molar-refractivity contribution in [3.8, 4) is 0 Å². The van der Waals surface area contributed by atoms with E-state index in [-0.39, 0.29) is 11.8 Å². The lowest BCUT2D eigenvalue weighted by Crippen LogP contribution is -2.57. The summed E-state index contributed by atoms with van der Waals surface area (Å²) in [7, 11) is 0. The summed E-state index contributed by atoms with van der Waals surface area (Å²) >= 11 is 0. The maximum atomic E-state index is 13.1. The molecule has 1 saturated heterocycles. The van der Waals surface area contributed by atoms with Crippen molar-refractivity contribution in [1.82, 2.24) is 9.88 Å². The second-order valence-electron chi connectivity index (χ2n) is 6.50. The Hall–Kier alpha value is -2.89. The van der Waals surface area contributed by atoms with Crippen molar-refractivity contribution in [2.45, 2.75) is 31.7 Å². The maximum absolute atomic E-state index is 13.1. The highest BCUT2D eigenvalue weighted by atomic mass is 16.2. The molecule has 0 atom stereocenters. The quantitative estimate of drug-likeness (QED) is 0.868. The number of pyridine rings is 1. The summed E-state index contributed by atoms with van der Waals surface area (Å²) in [6, 6.07) is 13.3. The minimum absolute atomic E-state index is 0.0991. The summed E-state index contributed by atoms with van der Waals surface area (Å²) in [5.74, 6) is 0.0314. The van der Waals surface area contributed by atoms with E-state index in [9.17, 15) is 9.59 Å². The van der Waals surface area contributed by atoms with Crippen LogP contribution in [0.4, 0.5) is 11.4 Å². The Balaban J connectivity index is 1.80. The van der Waals surface area contributed by atoms with Gasteiger partial charge in [-0.2, -0.15) is 0 Å². The minimum Gasteiger partial charge on any atom is -0.371 e. The van der Waals surface area contributed by atoms with Crippen molar-refractivity contribution in [1.29, 1.82) is 0 Å². The molecule has 2 N–H and O–H groups in total. The largest absolute Gasteiger partial charge is 0.371 e. The first-order valence-electron chi connectivity index (χ1n) is 8.95. The molecule has 6 nitrogen and oxygen atoms in total. The molecule has 0 saturated carbocycles. The van der Waals surface area contributed by atoms with Crippen LogP contribution in [0.15, 0.2) is 54.9 Å². The van der Waals surface area contributed by atoms with Crippen LogP contribution < -0.4 is 10.6 Å². The maximum Gasteiger partial charge on any atom is 0.250 e. The molecule has 2 heterocycles. The van der Waals surface area contributed by atoms with Gasteiger partial charge in [-0.05, 0) is 37.1 Å². The summed E-state index contributed by atoms with van der Waals surface area (Å²) in [6.45, 7) is 2.99. The fourth-order valence-corrected chi connectivity index (χ4v) is 3.26. The Morgan fingerprint density at radius 3 is 2.38 bits per heavy atom. The highest BCUT2D eigenvalue weighted by Crippen LogP contribution is 2.29. The predicted octanol–water partition coefficient (Wildman–Crippen LogP) is 2.90. The number of carbonyl (C=O) groups excluding carboxylic acids is 2. The zero-order valence-electron chi connectivity index (χ0n) is 14.9. The van der Waals surface area contributed by atoms with Crippen LogP contribution in [0.25, 0.3) is 0 Å². The lowest BCUT2D eigenvalue weighted by molar-refractivity contribution is -0.134. The van der Waals surface area contributed by atoms with Gasteiger partial charge in [0.25, 0.3) is 0 Å². The average molecular weight is 352 g/mol. The van der Waals surface area contributed by atoms with E-state index in [1.165, 1.54) is 0 Å². The van der Waals surface area contributed by atoms with Gasteiger partial charge in [-0.1, -0.05) is 25.1 Å². The number of para-hydroxylation sites is 1. The number of hydrogen-bond donors (Lipinski definition) is 2. The summed E-state index contributed by atoms with van der Waals surface area (Å²) in [5, 5.41) is 6.38. The van der Waals surface area contributed by atoms with Crippen LogP contribution >= 0.6 is 0 Å². The van der Waals surface area contributed by atoms with Crippen LogP contribution in [0.3, 0.4) is 0 Å². The van der Waals surface area contributed by atoms with Crippen LogP contribution in [-0.4, -0.2) is 40.3 Å². The number of rotatable bonds is 5. The summed E-state index contributed by atoms with van der Waals surface area (Å²) in [6.07, 6.45) is 4.90. The van der Waals surface area contributed by atoms with Gasteiger partial charge in [-0.25, -0.2) is 0 Å². The number of hydrogen-bond acceptors (Lipinski definition) is 4. The fraction of sp³-hybridized carbons (Fsp3) is 0.350. The molecule has 3 rings (SSSR count). The molecular formula is C20H24N4O2. The fourth-order valence-electron chi connectivity index (χ4n) is 3.26. The monoisotopic (exact) mass is 352 g/mol. The highest BCUT2D eigenvalue weighted by Gasteiger charge is 2.42. The van der Waals surface area contributed by atoms with E-state index in [1.807, 2.05) is 48.2 Å². The number of nitrogens with zero attached hydrogens (tertiary/aromatic N) is 2. The zero-order chi connectivity index (χ0) is 18.4. The van der Waals surface area contributed by atoms with Gasteiger partial charge in [-0.3, -0.25) is 14.6 Å². The molecule has 1 aromatic carbocycles. The molecule has 1 fully saturated rings. The number of benzene rings is 1. The van der Waals surface area contributed by atoms with E-state index in [0.717, 1.165) is 5.69 Å². The molecule has 1 aromatic heterocycles. The van der Waals surface area contributed by atoms with Crippen molar-refractivity contribution in [2.75, 3.05) is 23.7 Å². The first-order valence-corrected chi connectivity index (χ1v) is 8.95. The van der Waals surface area contributed by atoms with Crippen molar-refractivity contribution in [3.63, 3.8) is 0 Å². The van der Waals surface area contributed by atoms with E-state index in [1.54, 1.807) is 18.5 Å². The van der Waals surface area contributed by atoms with E-state index in [0.29, 0.717) is 38.0 Å². The van der Waals surface area contributed by atoms with Crippen molar-refractivity contribution >= 4 is 23.2 Å². The zero-order valence-corrected chi connectivity index (χ0v) is 14.9. The molecule has 0 spiro atoms. The highest BCUT2D eigenvalue weighted by molar-refractivity contribution is 6.00. The van der Waals surface area contributed by atoms with Gasteiger partial charge in [0.15, 0.2) is 0 Å². The number of amides is 2. The average Bonchev–Trinajstić information content (AvgIpc) is 2.69. The summed E-state index contributed by atoms with van der Waals surface area (Å²) in [5.41, 5.74) is 0.796. The number of likely N-dealkylation sites (tertiary alicyclic amines) is 1. The molecule has 2 aromatic rings. The molecule has 0 unspecified atom stereocenters. The molecule has 1 aliphatic rings. The molecule has 0 aliphatic carbocycles. The van der Waals surface area contributed by atoms with Gasteiger partial charge >= 0.3 is 0 Å². The van der Waals surface area contributed by atoms with E-state index >= 15 is 0 Å². The molecule has 0 radical (unpaired) electrons. The Labute approximate surface area is 153 Å². The third-order valence-corrected chi connectivity index (χ3v) is 4.78. The number of piperidine rings is 1. The number of aromatic nitrogens is 1. The third kappa shape index (κ3) is 4.02. The third-order valence-electron chi connectivity index (χ3n) is 4.78. The van der Waals surface area contributed by atoms with Gasteiger partial charge < -0.3 is 15.5 Å². The number of nitrogens with one attached hydrogen (secondary N) is 2. The predicted molar refractivity (Wildman–Crippen MR) is 102 cm³/mol. The van der Waals surface area contributed by atoms with Crippen LogP contribution in [-0.2, 0) is 9.59 Å². The molecule has 26 heavy (non-hydrogen) atoms. The Morgan fingerprint density at radius 1 is 1.08 bits per heavy atom. The van der Waals surface area contributed by atoms with Crippen LogP contribution in [0, 0.1) is 0 Å². The Bertz CT molecular complexity index is 741. The molecule has 136 valence electrons. The van der Waals surface area contributed by atoms with Crippen LogP contribution in [0.5, 0.6) is 0 Å². The lowest BCUT2D eigenvalue weighted by Gasteiger charge is -2.41. The molecule has 6 heteroatoms. The van der Waals surface area contributed by atoms with Crippen LogP contribution in [0.2, 0.25) is 0 Å². The summed E-state index contributed by atoms with van der Waals surface area (Å²) in [4.78, 5) is 31.0. The molecular weight excluding hydrogens is 328 g/mol. The van der Waals surface area contributed by atoms with Gasteiger partial charge in [-0.15, -0.1) is 0 Å². The normalized spacial score (nSPS) is 16.0. The van der Waals surface area contributed by atoms with Gasteiger partial charge in [0.2, 0.25) is 11.8 Å². The van der Waals surface area contributed by atoms with E-state index in [4.69, 9.17) is 0 Å². The smallest absolute Gasteiger partial charge is 0.250 e. The van der Waals surface area contributed by atoms with Gasteiger partial charge in [0.05, 0.1) is 11.9 Å². The van der Waals surface area contributed by atoms with Gasteiger partial charge in [0, 0.05) is 31.4 Å². The van der Waals surface area contributed by atoms with Crippen molar-refractivity contribution in [3.05, 3.63) is 54.9 Å². The molecule has 0 bridgehead atoms. The van der Waals surface area contributed by atoms with Gasteiger partial charge in [0.1, 0.15) is 5.54 Å². The van der Waals surface area contributed by atoms with Crippen LogP contribution in [0.1, 0.15) is 26.2 Å². The number of anilines is 2. The number of carbonyl (C=O) groups is 2. The molecule has 1 aliphatic heterocycles. The standard InChI is InChI=1S/C20H24N4O2/c1-2-18(25)24-13-10-20(11-14-24,23-16-7-4-3-5-8-16)19(26)22-17-9-6-12-21-15-17/h3-9,12,15,23H,2,10-11,13-14H2,1H3,(H,22,26). The lowest BCUT2D eigenvalue weighted by atomic mass is 9.85. The second-order valence-corrected chi connectivity index (χ2v) is 6.50. The van der Waals surface area contributed by atoms with E-state index < -0.39 is 5.54 Å². The Morgan fingerprint density at radius 2 is 1.77 bits per heavy atom. The van der Waals surface area contributed by atoms with Crippen molar-refractivity contribution in [2.24, 2.45) is 0 Å². The first kappa shape index (κ1) is 17.9. The Kier molecular flexibility index (Phi) is 5.51. The SMILES string of the molecule is CCC(=O)N1CCC(Nc2ccccc2)(C(=O)Nc2cccnc2)CC1. The van der Waals surface area contributed by atoms with Crippen molar-refractivity contribution < 1.29 is 9.59 Å². The minimum atomic E-state index is -0.762. The topological polar surface area (TPSA) is 74.3 Å². The summed E-state index contributed by atoms with van der Waals surface area (Å²) < 4.78 is 0.